The van der Waals surface area contributed by atoms with Crippen LogP contribution in [-0.2, 0) is 23.9 Å². The second-order valence-electron chi connectivity index (χ2n) is 13.3. The van der Waals surface area contributed by atoms with Crippen molar-refractivity contribution in [2.45, 2.75) is 117 Å². The first-order valence-electron chi connectivity index (χ1n) is 14.8. The van der Waals surface area contributed by atoms with Crippen LogP contribution in [0.1, 0.15) is 111 Å². The smallest absolute Gasteiger partial charge is 0.407 e. The zero-order valence-electron chi connectivity index (χ0n) is 25.0. The summed E-state index contributed by atoms with van der Waals surface area (Å²) in [5, 5.41) is 27.6. The normalized spacial score (nSPS) is 26.1. The summed E-state index contributed by atoms with van der Waals surface area (Å²) in [5.41, 5.74) is 0.176. The van der Waals surface area contributed by atoms with Crippen molar-refractivity contribution < 1.29 is 38.9 Å². The number of hydrogen-bond donors (Lipinski definition) is 5. The monoisotopic (exact) mass is 577 g/mol. The molecule has 5 N–H and O–H groups in total. The Labute approximate surface area is 242 Å². The zero-order valence-corrected chi connectivity index (χ0v) is 25.0. The number of aliphatic carboxylic acids is 2. The maximum absolute atomic E-state index is 13.1. The molecule has 0 heterocycles. The number of rotatable bonds is 16. The van der Waals surface area contributed by atoms with Gasteiger partial charge < -0.3 is 30.9 Å². The van der Waals surface area contributed by atoms with E-state index in [0.717, 1.165) is 24.1 Å². The molecule has 2 unspecified atom stereocenters. The Balaban J connectivity index is 1.74. The molecule has 0 radical (unpaired) electrons. The molecule has 3 amide bonds. The first-order valence-corrected chi connectivity index (χ1v) is 14.8. The Bertz CT molecular complexity index is 1040. The Morgan fingerprint density at radius 1 is 0.805 bits per heavy atom. The van der Waals surface area contributed by atoms with Gasteiger partial charge in [0.25, 0.3) is 0 Å². The van der Waals surface area contributed by atoms with Crippen molar-refractivity contribution in [1.29, 1.82) is 0 Å². The topological polar surface area (TPSA) is 171 Å². The molecule has 0 spiro atoms. The molecule has 0 aliphatic heterocycles. The van der Waals surface area contributed by atoms with Crippen molar-refractivity contribution in [3.63, 3.8) is 0 Å². The Hall–Kier alpha value is -3.11. The quantitative estimate of drug-likeness (QED) is 0.169. The van der Waals surface area contributed by atoms with E-state index in [-0.39, 0.29) is 36.5 Å². The molecule has 11 heteroatoms. The van der Waals surface area contributed by atoms with E-state index >= 15 is 0 Å². The lowest BCUT2D eigenvalue weighted by atomic mass is 9.31. The number of carbonyl (C=O) groups excluding carboxylic acids is 3. The maximum Gasteiger partial charge on any atom is 0.407 e. The molecule has 0 saturated heterocycles. The number of ether oxygens (including phenoxy) is 1. The molecule has 3 saturated carbocycles. The summed E-state index contributed by atoms with van der Waals surface area (Å²) in [6.07, 6.45) is 5.53. The molecule has 4 bridgehead atoms. The number of carboxylic acids is 2. The van der Waals surface area contributed by atoms with Gasteiger partial charge in [0.1, 0.15) is 5.60 Å². The average Bonchev–Trinajstić information content (AvgIpc) is 2.83. The second kappa shape index (κ2) is 12.8. The molecule has 11 nitrogen and oxygen atoms in total. The van der Waals surface area contributed by atoms with Gasteiger partial charge in [0.05, 0.1) is 0 Å². The van der Waals surface area contributed by atoms with Crippen LogP contribution in [0.25, 0.3) is 0 Å². The van der Waals surface area contributed by atoms with E-state index in [1.54, 1.807) is 20.8 Å². The lowest BCUT2D eigenvalue weighted by Gasteiger charge is -2.73. The number of amides is 3. The summed E-state index contributed by atoms with van der Waals surface area (Å²) in [6.45, 7) is 8.15. The molecule has 5 aliphatic rings. The van der Waals surface area contributed by atoms with Crippen LogP contribution in [0.3, 0.4) is 0 Å². The van der Waals surface area contributed by atoms with E-state index in [1.807, 2.05) is 6.92 Å². The lowest BCUT2D eigenvalue weighted by Crippen LogP contribution is -2.64. The summed E-state index contributed by atoms with van der Waals surface area (Å²) in [5.74, 6) is -1.96. The molecular formula is C30H47N3O8. The number of allylic oxidation sites excluding steroid dienone is 2. The first-order chi connectivity index (χ1) is 19.1. The van der Waals surface area contributed by atoms with Crippen LogP contribution in [0.15, 0.2) is 11.3 Å². The molecule has 3 fully saturated rings. The third kappa shape index (κ3) is 8.23. The molecule has 0 aromatic rings. The van der Waals surface area contributed by atoms with Gasteiger partial charge in [0, 0.05) is 44.5 Å². The van der Waals surface area contributed by atoms with Gasteiger partial charge in [-0.05, 0) is 107 Å². The van der Waals surface area contributed by atoms with Gasteiger partial charge >= 0.3 is 18.0 Å². The summed E-state index contributed by atoms with van der Waals surface area (Å²) in [7, 11) is 0. The minimum absolute atomic E-state index is 0.00319. The third-order valence-electron chi connectivity index (χ3n) is 8.70. The minimum Gasteiger partial charge on any atom is -0.481 e. The Kier molecular flexibility index (Phi) is 10.1. The summed E-state index contributed by atoms with van der Waals surface area (Å²) < 4.78 is 5.22. The number of nitrogens with one attached hydrogen (secondary N) is 3. The minimum atomic E-state index is -0.883. The molecular weight excluding hydrogens is 530 g/mol. The lowest BCUT2D eigenvalue weighted by molar-refractivity contribution is -0.148. The van der Waals surface area contributed by atoms with Gasteiger partial charge in [-0.1, -0.05) is 0 Å². The van der Waals surface area contributed by atoms with Crippen molar-refractivity contribution in [3.8, 4) is 0 Å². The molecule has 5 rings (SSSR count). The van der Waals surface area contributed by atoms with Gasteiger partial charge in [-0.3, -0.25) is 19.2 Å². The van der Waals surface area contributed by atoms with Gasteiger partial charge in [-0.2, -0.15) is 0 Å². The van der Waals surface area contributed by atoms with Gasteiger partial charge in [-0.15, -0.1) is 0 Å². The number of alkyl carbamates (subject to hydrolysis) is 1. The van der Waals surface area contributed by atoms with Crippen molar-refractivity contribution in [1.82, 2.24) is 16.0 Å². The van der Waals surface area contributed by atoms with E-state index < -0.39 is 34.5 Å². The number of fused-ring (bicyclic) bond motifs is 1. The maximum atomic E-state index is 13.1. The van der Waals surface area contributed by atoms with Gasteiger partial charge in [0.15, 0.2) is 0 Å². The predicted octanol–water partition coefficient (Wildman–Crippen LogP) is 4.26. The van der Waals surface area contributed by atoms with Crippen LogP contribution < -0.4 is 16.0 Å². The van der Waals surface area contributed by atoms with E-state index in [2.05, 4.69) is 16.0 Å². The van der Waals surface area contributed by atoms with E-state index in [4.69, 9.17) is 4.74 Å². The fourth-order valence-corrected chi connectivity index (χ4v) is 7.79. The summed E-state index contributed by atoms with van der Waals surface area (Å²) >= 11 is 0. The zero-order chi connectivity index (χ0) is 30.5. The third-order valence-corrected chi connectivity index (χ3v) is 8.70. The van der Waals surface area contributed by atoms with Crippen LogP contribution in [0.2, 0.25) is 0 Å². The molecule has 5 aliphatic carbocycles. The van der Waals surface area contributed by atoms with Crippen molar-refractivity contribution >= 4 is 29.8 Å². The van der Waals surface area contributed by atoms with E-state index in [1.165, 1.54) is 0 Å². The molecule has 2 atom stereocenters. The highest BCUT2D eigenvalue weighted by molar-refractivity contribution is 5.79. The molecule has 230 valence electrons. The van der Waals surface area contributed by atoms with Crippen molar-refractivity contribution in [2.24, 2.45) is 16.2 Å². The highest BCUT2D eigenvalue weighted by Crippen LogP contribution is 2.79. The number of carboxylic acid groups (broad SMARTS) is 2. The largest absolute Gasteiger partial charge is 0.481 e. The van der Waals surface area contributed by atoms with Crippen molar-refractivity contribution in [3.05, 3.63) is 11.3 Å². The molecule has 41 heavy (non-hydrogen) atoms. The number of carbonyl (C=O) groups is 5. The van der Waals surface area contributed by atoms with Crippen LogP contribution in [0, 0.1) is 16.2 Å². The van der Waals surface area contributed by atoms with E-state index in [9.17, 15) is 34.2 Å². The number of unbranched alkanes of at least 4 members (excludes halogenated alkanes) is 1. The highest BCUT2D eigenvalue weighted by atomic mass is 16.6. The fourth-order valence-electron chi connectivity index (χ4n) is 7.79. The molecule has 0 aromatic heterocycles. The Morgan fingerprint density at radius 2 is 1.41 bits per heavy atom. The summed E-state index contributed by atoms with van der Waals surface area (Å²) in [6, 6.07) is 0. The van der Waals surface area contributed by atoms with Crippen LogP contribution in [0.4, 0.5) is 4.79 Å². The van der Waals surface area contributed by atoms with Gasteiger partial charge in [-0.25, -0.2) is 4.79 Å². The second-order valence-corrected chi connectivity index (χ2v) is 13.3. The SMILES string of the molecule is CCNC(=O)CCC12CC(NC(=O)CCCCNC(=O)OC(C)(C)C)=C3C(CCC(=O)O)(C1)CC3(CCC(=O)O)C2. The van der Waals surface area contributed by atoms with Crippen LogP contribution in [0.5, 0.6) is 0 Å². The molecule has 0 aromatic carbocycles. The standard InChI is InChI=1S/C30H47N3O8/c1-5-31-21(34)9-12-28-16-20(33-22(35)8-6-7-15-32-26(40)41-27(2,3)4)25-29(17-28,13-10-23(36)37)19-30(25,18-28)14-11-24(38)39/h5-19H2,1-4H3,(H,31,34)(H,32,40)(H,33,35)(H,36,37)(H,38,39). The average molecular weight is 578 g/mol. The van der Waals surface area contributed by atoms with E-state index in [0.29, 0.717) is 64.5 Å². The van der Waals surface area contributed by atoms with Crippen molar-refractivity contribution in [2.75, 3.05) is 13.1 Å². The summed E-state index contributed by atoms with van der Waals surface area (Å²) in [4.78, 5) is 60.4. The predicted molar refractivity (Wildman–Crippen MR) is 151 cm³/mol. The Morgan fingerprint density at radius 3 is 1.95 bits per heavy atom. The first kappa shape index (κ1) is 32.4. The fraction of sp³-hybridized carbons (Fsp3) is 0.767. The van der Waals surface area contributed by atoms with Gasteiger partial charge in [0.2, 0.25) is 11.8 Å². The van der Waals surface area contributed by atoms with Crippen LogP contribution in [-0.4, -0.2) is 58.7 Å². The highest BCUT2D eigenvalue weighted by Gasteiger charge is 2.70. The number of hydrogen-bond acceptors (Lipinski definition) is 6. The van der Waals surface area contributed by atoms with Crippen LogP contribution >= 0.6 is 0 Å².